The van der Waals surface area contributed by atoms with Gasteiger partial charge in [-0.05, 0) is 61.5 Å². The van der Waals surface area contributed by atoms with Crippen molar-refractivity contribution < 1.29 is 14.3 Å². The van der Waals surface area contributed by atoms with Gasteiger partial charge in [-0.15, -0.1) is 0 Å². The number of allylic oxidation sites excluding steroid dienone is 1. The van der Waals surface area contributed by atoms with Gasteiger partial charge in [-0.1, -0.05) is 51.5 Å². The Bertz CT molecular complexity index is 1120. The maximum atomic E-state index is 12.7. The topological polar surface area (TPSA) is 43.4 Å². The van der Waals surface area contributed by atoms with Crippen LogP contribution in [0.25, 0.3) is 6.08 Å². The summed E-state index contributed by atoms with van der Waals surface area (Å²) in [6, 6.07) is 20.1. The summed E-state index contributed by atoms with van der Waals surface area (Å²) in [5.74, 6) is -0.0210. The molecule has 0 aromatic heterocycles. The van der Waals surface area contributed by atoms with Gasteiger partial charge >= 0.3 is 5.97 Å². The largest absolute Gasteiger partial charge is 0.422 e. The van der Waals surface area contributed by atoms with E-state index >= 15 is 0 Å². The number of benzene rings is 3. The molecule has 4 rings (SSSR count). The Hall–Kier alpha value is -2.63. The van der Waals surface area contributed by atoms with Crippen LogP contribution in [0.3, 0.4) is 0 Å². The first-order chi connectivity index (χ1) is 13.5. The molecular formula is C23H15BrO3S. The van der Waals surface area contributed by atoms with Crippen LogP contribution in [0.15, 0.2) is 81.0 Å². The van der Waals surface area contributed by atoms with Crippen LogP contribution < -0.4 is 4.74 Å². The molecule has 1 aliphatic rings. The summed E-state index contributed by atoms with van der Waals surface area (Å²) >= 11 is 4.79. The second-order valence-corrected chi connectivity index (χ2v) is 8.37. The molecule has 3 nitrogen and oxygen atoms in total. The zero-order valence-electron chi connectivity index (χ0n) is 14.9. The van der Waals surface area contributed by atoms with E-state index in [1.54, 1.807) is 36.4 Å². The van der Waals surface area contributed by atoms with E-state index in [-0.39, 0.29) is 5.78 Å². The number of ether oxygens (including phenoxy) is 1. The molecule has 0 saturated heterocycles. The van der Waals surface area contributed by atoms with Gasteiger partial charge in [-0.3, -0.25) is 4.79 Å². The minimum absolute atomic E-state index is 0.00714. The van der Waals surface area contributed by atoms with Crippen LogP contribution in [-0.2, 0) is 0 Å². The molecule has 3 aromatic rings. The van der Waals surface area contributed by atoms with E-state index in [0.29, 0.717) is 27.3 Å². The van der Waals surface area contributed by atoms with Crippen molar-refractivity contribution in [3.05, 3.63) is 98.4 Å². The number of fused-ring (bicyclic) bond motifs is 1. The van der Waals surface area contributed by atoms with Gasteiger partial charge in [0, 0.05) is 20.5 Å². The minimum atomic E-state index is -0.440. The molecule has 0 aliphatic carbocycles. The summed E-state index contributed by atoms with van der Waals surface area (Å²) in [5.41, 5.74) is 2.89. The highest BCUT2D eigenvalue weighted by Crippen LogP contribution is 2.41. The molecular weight excluding hydrogens is 436 g/mol. The molecule has 0 saturated carbocycles. The van der Waals surface area contributed by atoms with E-state index in [1.807, 2.05) is 43.3 Å². The number of carbonyl (C=O) groups excluding carboxylic acids is 2. The first-order valence-corrected chi connectivity index (χ1v) is 10.2. The molecule has 3 aromatic carbocycles. The SMILES string of the molecule is Cc1ccc(OC(=O)c2ccc(Br)cc2)c(C=C2Sc3ccccc3C2=O)c1. The standard InChI is InChI=1S/C23H15BrO3S/c1-14-6-11-19(27-23(26)15-7-9-17(24)10-8-15)16(12-14)13-21-22(25)18-4-2-3-5-20(18)28-21/h2-13H,1H3. The van der Waals surface area contributed by atoms with Gasteiger partial charge in [0.2, 0.25) is 5.78 Å². The van der Waals surface area contributed by atoms with Gasteiger partial charge < -0.3 is 4.74 Å². The van der Waals surface area contributed by atoms with E-state index in [2.05, 4.69) is 15.9 Å². The zero-order chi connectivity index (χ0) is 19.7. The Labute approximate surface area is 175 Å². The van der Waals surface area contributed by atoms with Crippen molar-refractivity contribution in [3.8, 4) is 5.75 Å². The maximum Gasteiger partial charge on any atom is 0.343 e. The fourth-order valence-electron chi connectivity index (χ4n) is 2.90. The van der Waals surface area contributed by atoms with Crippen molar-refractivity contribution in [2.75, 3.05) is 0 Å². The van der Waals surface area contributed by atoms with E-state index in [9.17, 15) is 9.59 Å². The van der Waals surface area contributed by atoms with Gasteiger partial charge in [0.05, 0.1) is 10.5 Å². The average Bonchev–Trinajstić information content (AvgIpc) is 3.00. The molecule has 0 fully saturated rings. The lowest BCUT2D eigenvalue weighted by molar-refractivity contribution is 0.0734. The fourth-order valence-corrected chi connectivity index (χ4v) is 4.20. The average molecular weight is 451 g/mol. The van der Waals surface area contributed by atoms with Crippen LogP contribution in [0.5, 0.6) is 5.75 Å². The first-order valence-electron chi connectivity index (χ1n) is 8.63. The molecule has 0 radical (unpaired) electrons. The molecule has 138 valence electrons. The van der Waals surface area contributed by atoms with Crippen LogP contribution in [0, 0.1) is 6.92 Å². The molecule has 0 atom stereocenters. The Kier molecular flexibility index (Phi) is 5.20. The van der Waals surface area contributed by atoms with Crippen LogP contribution in [0.1, 0.15) is 31.8 Å². The highest BCUT2D eigenvalue weighted by Gasteiger charge is 2.25. The monoisotopic (exact) mass is 450 g/mol. The Balaban J connectivity index is 1.65. The lowest BCUT2D eigenvalue weighted by Gasteiger charge is -2.09. The third-order valence-corrected chi connectivity index (χ3v) is 5.94. The van der Waals surface area contributed by atoms with Crippen molar-refractivity contribution in [1.29, 1.82) is 0 Å². The van der Waals surface area contributed by atoms with Crippen LogP contribution >= 0.6 is 27.7 Å². The summed E-state index contributed by atoms with van der Waals surface area (Å²) in [6.07, 6.45) is 1.80. The van der Waals surface area contributed by atoms with Crippen molar-refractivity contribution in [2.24, 2.45) is 0 Å². The Morgan fingerprint density at radius 1 is 1.04 bits per heavy atom. The van der Waals surface area contributed by atoms with Crippen molar-refractivity contribution >= 4 is 45.5 Å². The summed E-state index contributed by atoms with van der Waals surface area (Å²) in [6.45, 7) is 1.96. The quantitative estimate of drug-likeness (QED) is 0.266. The number of esters is 1. The number of hydrogen-bond acceptors (Lipinski definition) is 4. The van der Waals surface area contributed by atoms with Crippen LogP contribution in [0.2, 0.25) is 0 Å². The molecule has 0 N–H and O–H groups in total. The van der Waals surface area contributed by atoms with Gasteiger partial charge in [-0.25, -0.2) is 4.79 Å². The molecule has 5 heteroatoms. The predicted molar refractivity (Wildman–Crippen MR) is 115 cm³/mol. The van der Waals surface area contributed by atoms with E-state index in [0.717, 1.165) is 14.9 Å². The number of hydrogen-bond donors (Lipinski definition) is 0. The molecule has 0 amide bonds. The van der Waals surface area contributed by atoms with Gasteiger partial charge in [0.1, 0.15) is 5.75 Å². The third-order valence-electron chi connectivity index (χ3n) is 4.31. The molecule has 0 unspecified atom stereocenters. The lowest BCUT2D eigenvalue weighted by Crippen LogP contribution is -2.09. The Morgan fingerprint density at radius 3 is 2.54 bits per heavy atom. The molecule has 0 bridgehead atoms. The number of halogens is 1. The second-order valence-electron chi connectivity index (χ2n) is 6.37. The van der Waals surface area contributed by atoms with Gasteiger partial charge in [0.25, 0.3) is 0 Å². The second kappa shape index (κ2) is 7.78. The highest BCUT2D eigenvalue weighted by atomic mass is 79.9. The minimum Gasteiger partial charge on any atom is -0.422 e. The number of aryl methyl sites for hydroxylation is 1. The number of rotatable bonds is 3. The summed E-state index contributed by atoms with van der Waals surface area (Å²) in [7, 11) is 0. The summed E-state index contributed by atoms with van der Waals surface area (Å²) < 4.78 is 6.52. The molecule has 1 heterocycles. The van der Waals surface area contributed by atoms with Gasteiger partial charge in [-0.2, -0.15) is 0 Å². The third kappa shape index (κ3) is 3.81. The predicted octanol–water partition coefficient (Wildman–Crippen LogP) is 6.31. The van der Waals surface area contributed by atoms with E-state index in [1.165, 1.54) is 11.8 Å². The number of ketones is 1. The summed E-state index contributed by atoms with van der Waals surface area (Å²) in [4.78, 5) is 26.7. The van der Waals surface area contributed by atoms with Gasteiger partial charge in [0.15, 0.2) is 0 Å². The summed E-state index contributed by atoms with van der Waals surface area (Å²) in [5, 5.41) is 0. The number of thioether (sulfide) groups is 1. The number of carbonyl (C=O) groups is 2. The molecule has 28 heavy (non-hydrogen) atoms. The lowest BCUT2D eigenvalue weighted by atomic mass is 10.1. The number of Topliss-reactive ketones (excluding diaryl/α,β-unsaturated/α-hetero) is 1. The fraction of sp³-hybridized carbons (Fsp3) is 0.0435. The van der Waals surface area contributed by atoms with E-state index in [4.69, 9.17) is 4.74 Å². The smallest absolute Gasteiger partial charge is 0.343 e. The normalized spacial score (nSPS) is 14.2. The van der Waals surface area contributed by atoms with Crippen molar-refractivity contribution in [3.63, 3.8) is 0 Å². The van der Waals surface area contributed by atoms with Crippen LogP contribution in [-0.4, -0.2) is 11.8 Å². The van der Waals surface area contributed by atoms with Crippen molar-refractivity contribution in [1.82, 2.24) is 0 Å². The first kappa shape index (κ1) is 18.7. The molecule has 0 spiro atoms. The van der Waals surface area contributed by atoms with E-state index < -0.39 is 5.97 Å². The Morgan fingerprint density at radius 2 is 1.79 bits per heavy atom. The maximum absolute atomic E-state index is 12.7. The highest BCUT2D eigenvalue weighted by molar-refractivity contribution is 9.10. The molecule has 1 aliphatic heterocycles. The zero-order valence-corrected chi connectivity index (χ0v) is 17.3. The van der Waals surface area contributed by atoms with Crippen molar-refractivity contribution in [2.45, 2.75) is 11.8 Å². The van der Waals surface area contributed by atoms with Crippen LogP contribution in [0.4, 0.5) is 0 Å².